The van der Waals surface area contributed by atoms with Crippen LogP contribution < -0.4 is 0 Å². The quantitative estimate of drug-likeness (QED) is 0.839. The zero-order chi connectivity index (χ0) is 15.1. The number of nitrogens with zero attached hydrogens (tertiary/aromatic N) is 4. The van der Waals surface area contributed by atoms with Crippen LogP contribution >= 0.6 is 0 Å². The molecule has 2 fully saturated rings. The van der Waals surface area contributed by atoms with Crippen LogP contribution in [0.4, 0.5) is 0 Å². The van der Waals surface area contributed by atoms with Crippen LogP contribution in [0.2, 0.25) is 0 Å². The van der Waals surface area contributed by atoms with Gasteiger partial charge >= 0.3 is 0 Å². The van der Waals surface area contributed by atoms with Gasteiger partial charge in [-0.05, 0) is 31.2 Å². The number of fused-ring (bicyclic) bond motifs is 1. The van der Waals surface area contributed by atoms with Crippen molar-refractivity contribution in [3.05, 3.63) is 18.0 Å². The SMILES string of the molecule is O=C1CCCN1C[C@@H]1CN(C(=O)CC2CC2)Cc2ccnn21. The molecule has 1 atom stereocenters. The molecule has 0 radical (unpaired) electrons. The zero-order valence-corrected chi connectivity index (χ0v) is 12.8. The maximum absolute atomic E-state index is 12.4. The number of rotatable bonds is 4. The molecule has 3 aliphatic rings. The first-order chi connectivity index (χ1) is 10.7. The highest BCUT2D eigenvalue weighted by Gasteiger charge is 2.34. The number of likely N-dealkylation sites (tertiary alicyclic amines) is 1. The Hall–Kier alpha value is -1.85. The monoisotopic (exact) mass is 302 g/mol. The van der Waals surface area contributed by atoms with E-state index in [-0.39, 0.29) is 17.9 Å². The van der Waals surface area contributed by atoms with Gasteiger partial charge in [0.2, 0.25) is 11.8 Å². The molecule has 0 spiro atoms. The number of carbonyl (C=O) groups excluding carboxylic acids is 2. The first-order valence-electron chi connectivity index (χ1n) is 8.28. The van der Waals surface area contributed by atoms with Crippen LogP contribution in [-0.2, 0) is 16.1 Å². The maximum atomic E-state index is 12.4. The number of hydrogen-bond acceptors (Lipinski definition) is 3. The molecule has 2 amide bonds. The molecule has 1 aromatic rings. The summed E-state index contributed by atoms with van der Waals surface area (Å²) in [6.45, 7) is 2.82. The van der Waals surface area contributed by atoms with E-state index >= 15 is 0 Å². The first kappa shape index (κ1) is 13.8. The molecule has 0 aromatic carbocycles. The van der Waals surface area contributed by atoms with Gasteiger partial charge in [-0.2, -0.15) is 5.10 Å². The Morgan fingerprint density at radius 1 is 1.36 bits per heavy atom. The number of aromatic nitrogens is 2. The van der Waals surface area contributed by atoms with Crippen LogP contribution in [0.15, 0.2) is 12.3 Å². The predicted molar refractivity (Wildman–Crippen MR) is 79.8 cm³/mol. The molecule has 0 bridgehead atoms. The van der Waals surface area contributed by atoms with Crippen LogP contribution in [0.3, 0.4) is 0 Å². The molecule has 6 heteroatoms. The van der Waals surface area contributed by atoms with Gasteiger partial charge in [-0.15, -0.1) is 0 Å². The van der Waals surface area contributed by atoms with E-state index in [1.54, 1.807) is 6.20 Å². The standard InChI is InChI=1S/C16H22N4O2/c21-15-2-1-7-18(15)10-14-11-19(16(22)8-12-3-4-12)9-13-5-6-17-20(13)14/h5-6,12,14H,1-4,7-11H2/t14-/m1/s1. The van der Waals surface area contributed by atoms with Crippen molar-refractivity contribution in [1.82, 2.24) is 19.6 Å². The molecule has 22 heavy (non-hydrogen) atoms. The zero-order valence-electron chi connectivity index (χ0n) is 12.8. The predicted octanol–water partition coefficient (Wildman–Crippen LogP) is 1.19. The van der Waals surface area contributed by atoms with E-state index in [0.717, 1.165) is 18.7 Å². The minimum absolute atomic E-state index is 0.0870. The average Bonchev–Trinajstić information content (AvgIpc) is 3.03. The van der Waals surface area contributed by atoms with E-state index in [1.807, 2.05) is 20.5 Å². The lowest BCUT2D eigenvalue weighted by Crippen LogP contribution is -2.45. The van der Waals surface area contributed by atoms with Crippen molar-refractivity contribution in [2.75, 3.05) is 19.6 Å². The molecule has 4 rings (SSSR count). The molecule has 0 N–H and O–H groups in total. The lowest BCUT2D eigenvalue weighted by molar-refractivity contribution is -0.134. The van der Waals surface area contributed by atoms with E-state index < -0.39 is 0 Å². The van der Waals surface area contributed by atoms with Crippen LogP contribution in [0.25, 0.3) is 0 Å². The van der Waals surface area contributed by atoms with Crippen molar-refractivity contribution in [3.8, 4) is 0 Å². The Morgan fingerprint density at radius 3 is 2.95 bits per heavy atom. The summed E-state index contributed by atoms with van der Waals surface area (Å²) in [5.74, 6) is 1.10. The minimum atomic E-state index is 0.0870. The molecule has 1 aromatic heterocycles. The molecule has 6 nitrogen and oxygen atoms in total. The highest BCUT2D eigenvalue weighted by Crippen LogP contribution is 2.34. The van der Waals surface area contributed by atoms with Crippen molar-refractivity contribution in [2.45, 2.75) is 44.7 Å². The van der Waals surface area contributed by atoms with Gasteiger partial charge in [-0.3, -0.25) is 14.3 Å². The van der Waals surface area contributed by atoms with E-state index in [0.29, 0.717) is 38.4 Å². The molecule has 1 aliphatic carbocycles. The van der Waals surface area contributed by atoms with Crippen molar-refractivity contribution < 1.29 is 9.59 Å². The summed E-state index contributed by atoms with van der Waals surface area (Å²) >= 11 is 0. The third-order valence-corrected chi connectivity index (χ3v) is 5.00. The maximum Gasteiger partial charge on any atom is 0.223 e. The summed E-state index contributed by atoms with van der Waals surface area (Å²) in [5.41, 5.74) is 1.08. The van der Waals surface area contributed by atoms with Gasteiger partial charge in [-0.1, -0.05) is 0 Å². The average molecular weight is 302 g/mol. The second-order valence-corrected chi connectivity index (χ2v) is 6.79. The minimum Gasteiger partial charge on any atom is -0.340 e. The fraction of sp³-hybridized carbons (Fsp3) is 0.688. The lowest BCUT2D eigenvalue weighted by Gasteiger charge is -2.35. The third kappa shape index (κ3) is 2.62. The van der Waals surface area contributed by atoms with E-state index in [2.05, 4.69) is 5.10 Å². The van der Waals surface area contributed by atoms with Gasteiger partial charge in [0.25, 0.3) is 0 Å². The summed E-state index contributed by atoms with van der Waals surface area (Å²) in [7, 11) is 0. The largest absolute Gasteiger partial charge is 0.340 e. The van der Waals surface area contributed by atoms with Crippen LogP contribution in [0.5, 0.6) is 0 Å². The smallest absolute Gasteiger partial charge is 0.223 e. The topological polar surface area (TPSA) is 58.4 Å². The van der Waals surface area contributed by atoms with E-state index in [9.17, 15) is 9.59 Å². The molecular formula is C16H22N4O2. The van der Waals surface area contributed by atoms with Crippen molar-refractivity contribution >= 4 is 11.8 Å². The second kappa shape index (κ2) is 5.41. The van der Waals surface area contributed by atoms with Gasteiger partial charge in [0.15, 0.2) is 0 Å². The number of carbonyl (C=O) groups is 2. The Bertz CT molecular complexity index is 593. The van der Waals surface area contributed by atoms with Gasteiger partial charge in [0.1, 0.15) is 0 Å². The molecule has 118 valence electrons. The summed E-state index contributed by atoms with van der Waals surface area (Å²) in [6, 6.07) is 2.07. The Balaban J connectivity index is 1.49. The van der Waals surface area contributed by atoms with E-state index in [4.69, 9.17) is 0 Å². The van der Waals surface area contributed by atoms with Gasteiger partial charge in [-0.25, -0.2) is 0 Å². The molecular weight excluding hydrogens is 280 g/mol. The molecule has 3 heterocycles. The fourth-order valence-electron chi connectivity index (χ4n) is 3.56. The van der Waals surface area contributed by atoms with Crippen LogP contribution in [-0.4, -0.2) is 51.0 Å². The second-order valence-electron chi connectivity index (χ2n) is 6.79. The molecule has 1 saturated carbocycles. The van der Waals surface area contributed by atoms with Gasteiger partial charge < -0.3 is 9.80 Å². The van der Waals surface area contributed by atoms with Crippen molar-refractivity contribution in [2.24, 2.45) is 5.92 Å². The summed E-state index contributed by atoms with van der Waals surface area (Å²) < 4.78 is 2.01. The lowest BCUT2D eigenvalue weighted by atomic mass is 10.1. The van der Waals surface area contributed by atoms with Crippen molar-refractivity contribution in [1.29, 1.82) is 0 Å². The Kier molecular flexibility index (Phi) is 3.39. The fourth-order valence-corrected chi connectivity index (χ4v) is 3.56. The molecule has 0 unspecified atom stereocenters. The molecule has 2 aliphatic heterocycles. The number of hydrogen-bond donors (Lipinski definition) is 0. The van der Waals surface area contributed by atoms with E-state index in [1.165, 1.54) is 12.8 Å². The van der Waals surface area contributed by atoms with Gasteiger partial charge in [0, 0.05) is 38.7 Å². The highest BCUT2D eigenvalue weighted by molar-refractivity contribution is 5.78. The Labute approximate surface area is 130 Å². The number of amides is 2. The van der Waals surface area contributed by atoms with Crippen LogP contribution in [0, 0.1) is 5.92 Å². The summed E-state index contributed by atoms with van der Waals surface area (Å²) in [6.07, 6.45) is 6.48. The van der Waals surface area contributed by atoms with Crippen molar-refractivity contribution in [3.63, 3.8) is 0 Å². The summed E-state index contributed by atoms with van der Waals surface area (Å²) in [4.78, 5) is 28.2. The van der Waals surface area contributed by atoms with Crippen LogP contribution in [0.1, 0.15) is 43.8 Å². The Morgan fingerprint density at radius 2 is 2.23 bits per heavy atom. The summed E-state index contributed by atoms with van der Waals surface area (Å²) in [5, 5.41) is 4.41. The third-order valence-electron chi connectivity index (χ3n) is 5.00. The first-order valence-corrected chi connectivity index (χ1v) is 8.28. The van der Waals surface area contributed by atoms with Gasteiger partial charge in [0.05, 0.1) is 18.3 Å². The molecule has 1 saturated heterocycles. The highest BCUT2D eigenvalue weighted by atomic mass is 16.2. The normalized spacial score (nSPS) is 24.7.